The zero-order valence-electron chi connectivity index (χ0n) is 21.1. The van der Waals surface area contributed by atoms with E-state index >= 15 is 0 Å². The van der Waals surface area contributed by atoms with Crippen LogP contribution in [0.15, 0.2) is 24.3 Å². The third-order valence-electron chi connectivity index (χ3n) is 7.78. The summed E-state index contributed by atoms with van der Waals surface area (Å²) in [6.07, 6.45) is 2.04. The molecule has 11 heteroatoms. The van der Waals surface area contributed by atoms with Gasteiger partial charge in [0.1, 0.15) is 6.29 Å². The summed E-state index contributed by atoms with van der Waals surface area (Å²) >= 11 is 0. The van der Waals surface area contributed by atoms with Gasteiger partial charge in [-0.15, -0.1) is 0 Å². The van der Waals surface area contributed by atoms with E-state index in [4.69, 9.17) is 9.84 Å². The fraction of sp³-hybridized carbons (Fsp3) is 0.680. The molecule has 1 aromatic rings. The minimum absolute atomic E-state index is 0.0117. The number of amides is 1. The van der Waals surface area contributed by atoms with Crippen LogP contribution in [0.5, 0.6) is 0 Å². The topological polar surface area (TPSA) is 130 Å². The molecule has 1 amide bonds. The summed E-state index contributed by atoms with van der Waals surface area (Å²) in [6, 6.07) is 8.31. The molecule has 0 aliphatic carbocycles. The number of carboxylic acid groups (broad SMARTS) is 1. The smallest absolute Gasteiger partial charge is 0.303 e. The standard InChI is InChI=1S/C25H39N7O4/c1-15-13-32(14-16(2)36-15)25-28-20-12-26-30-24(35)22(20)23(29-25)27-18-3-5-19(6-4-18)31-9-7-17(8-10-31)11-21(33)34/h3-6,15-17,20,22-23,25-29H,7-14H2,1-2H3,(H,30,35)(H,33,34). The molecule has 6 atom stereocenters. The van der Waals surface area contributed by atoms with Gasteiger partial charge < -0.3 is 20.1 Å². The van der Waals surface area contributed by atoms with E-state index in [0.29, 0.717) is 6.54 Å². The Labute approximate surface area is 212 Å². The number of benzene rings is 1. The third-order valence-corrected chi connectivity index (χ3v) is 7.78. The number of carbonyl (C=O) groups excluding carboxylic acids is 1. The van der Waals surface area contributed by atoms with E-state index in [9.17, 15) is 9.59 Å². The quantitative estimate of drug-likeness (QED) is 0.324. The van der Waals surface area contributed by atoms with E-state index in [1.165, 1.54) is 0 Å². The van der Waals surface area contributed by atoms with Crippen LogP contribution in [0, 0.1) is 11.8 Å². The van der Waals surface area contributed by atoms with Crippen molar-refractivity contribution in [3.05, 3.63) is 24.3 Å². The Morgan fingerprint density at radius 2 is 1.81 bits per heavy atom. The first-order valence-electron chi connectivity index (χ1n) is 13.1. The van der Waals surface area contributed by atoms with Crippen LogP contribution in [0.4, 0.5) is 11.4 Å². The Morgan fingerprint density at radius 3 is 2.47 bits per heavy atom. The number of carboxylic acids is 1. The molecule has 0 bridgehead atoms. The number of ether oxygens (including phenoxy) is 1. The molecule has 11 nitrogen and oxygen atoms in total. The van der Waals surface area contributed by atoms with E-state index in [-0.39, 0.29) is 54.9 Å². The SMILES string of the molecule is CC1CN(C2NC3CNNC(=O)C3C(Nc3ccc(N4CCC(CC(=O)O)CC4)cc3)N2)CC(C)O1. The van der Waals surface area contributed by atoms with Gasteiger partial charge in [-0.3, -0.25) is 30.5 Å². The average Bonchev–Trinajstić information content (AvgIpc) is 2.84. The van der Waals surface area contributed by atoms with Crippen molar-refractivity contribution in [2.45, 2.75) is 63.8 Å². The normalized spacial score (nSPS) is 34.1. The van der Waals surface area contributed by atoms with Crippen LogP contribution < -0.4 is 31.7 Å². The number of anilines is 2. The Bertz CT molecular complexity index is 913. The summed E-state index contributed by atoms with van der Waals surface area (Å²) in [4.78, 5) is 28.5. The number of fused-ring (bicyclic) bond motifs is 1. The molecule has 36 heavy (non-hydrogen) atoms. The van der Waals surface area contributed by atoms with Gasteiger partial charge in [0.25, 0.3) is 0 Å². The second-order valence-electron chi connectivity index (χ2n) is 10.6. The van der Waals surface area contributed by atoms with Crippen LogP contribution in [0.3, 0.4) is 0 Å². The molecular weight excluding hydrogens is 462 g/mol. The lowest BCUT2D eigenvalue weighted by atomic mass is 9.91. The summed E-state index contributed by atoms with van der Waals surface area (Å²) in [5, 5.41) is 19.9. The predicted octanol–water partition coefficient (Wildman–Crippen LogP) is 0.321. The molecule has 0 radical (unpaired) electrons. The highest BCUT2D eigenvalue weighted by Gasteiger charge is 2.45. The van der Waals surface area contributed by atoms with Crippen LogP contribution in [-0.4, -0.2) is 85.3 Å². The predicted molar refractivity (Wildman–Crippen MR) is 136 cm³/mol. The van der Waals surface area contributed by atoms with Gasteiger partial charge >= 0.3 is 5.97 Å². The van der Waals surface area contributed by atoms with Crippen LogP contribution in [0.1, 0.15) is 33.1 Å². The molecular formula is C25H39N7O4. The molecule has 6 N–H and O–H groups in total. The second-order valence-corrected chi connectivity index (χ2v) is 10.6. The van der Waals surface area contributed by atoms with Gasteiger partial charge in [0.05, 0.1) is 24.3 Å². The van der Waals surface area contributed by atoms with E-state index in [2.05, 4.69) is 74.7 Å². The number of hydrazine groups is 1. The van der Waals surface area contributed by atoms with Gasteiger partial charge in [0.15, 0.2) is 0 Å². The summed E-state index contributed by atoms with van der Waals surface area (Å²) < 4.78 is 5.92. The highest BCUT2D eigenvalue weighted by molar-refractivity contribution is 5.81. The van der Waals surface area contributed by atoms with E-state index in [1.807, 2.05) is 0 Å². The number of nitrogens with one attached hydrogen (secondary N) is 5. The second kappa shape index (κ2) is 10.9. The van der Waals surface area contributed by atoms with Crippen molar-refractivity contribution in [2.24, 2.45) is 11.8 Å². The molecule has 0 saturated carbocycles. The number of nitrogens with zero attached hydrogens (tertiary/aromatic N) is 2. The van der Waals surface area contributed by atoms with Gasteiger partial charge in [-0.25, -0.2) is 5.43 Å². The number of hydrogen-bond donors (Lipinski definition) is 6. The first-order chi connectivity index (χ1) is 17.4. The Kier molecular flexibility index (Phi) is 7.63. The molecule has 1 aromatic carbocycles. The van der Waals surface area contributed by atoms with Crippen LogP contribution in [-0.2, 0) is 14.3 Å². The van der Waals surface area contributed by atoms with E-state index < -0.39 is 5.97 Å². The number of carbonyl (C=O) groups is 2. The zero-order chi connectivity index (χ0) is 25.2. The molecule has 4 saturated heterocycles. The lowest BCUT2D eigenvalue weighted by Gasteiger charge is -2.50. The lowest BCUT2D eigenvalue weighted by Crippen LogP contribution is -2.77. The number of hydrogen-bond acceptors (Lipinski definition) is 9. The maximum absolute atomic E-state index is 12.8. The molecule has 4 heterocycles. The molecule has 6 unspecified atom stereocenters. The summed E-state index contributed by atoms with van der Waals surface area (Å²) in [5.74, 6) is -0.752. The fourth-order valence-electron chi connectivity index (χ4n) is 6.07. The molecule has 4 aliphatic rings. The van der Waals surface area contributed by atoms with Gasteiger partial charge in [-0.1, -0.05) is 0 Å². The maximum atomic E-state index is 12.8. The highest BCUT2D eigenvalue weighted by atomic mass is 16.5. The van der Waals surface area contributed by atoms with E-state index in [0.717, 1.165) is 50.4 Å². The van der Waals surface area contributed by atoms with Gasteiger partial charge in [0, 0.05) is 56.6 Å². The average molecular weight is 502 g/mol. The Hall–Kier alpha value is -2.44. The van der Waals surface area contributed by atoms with Gasteiger partial charge in [0.2, 0.25) is 5.91 Å². The molecule has 4 aliphatic heterocycles. The Morgan fingerprint density at radius 1 is 1.11 bits per heavy atom. The van der Waals surface area contributed by atoms with Crippen molar-refractivity contribution < 1.29 is 19.4 Å². The molecule has 0 spiro atoms. The minimum atomic E-state index is -0.708. The van der Waals surface area contributed by atoms with Crippen LogP contribution in [0.2, 0.25) is 0 Å². The van der Waals surface area contributed by atoms with Crippen molar-refractivity contribution in [3.63, 3.8) is 0 Å². The molecule has 0 aromatic heterocycles. The van der Waals surface area contributed by atoms with E-state index in [1.54, 1.807) is 0 Å². The lowest BCUT2D eigenvalue weighted by molar-refractivity contribution is -0.138. The number of piperidine rings is 1. The zero-order valence-corrected chi connectivity index (χ0v) is 21.1. The maximum Gasteiger partial charge on any atom is 0.303 e. The molecule has 4 fully saturated rings. The van der Waals surface area contributed by atoms with Crippen molar-refractivity contribution in [3.8, 4) is 0 Å². The fourth-order valence-corrected chi connectivity index (χ4v) is 6.07. The monoisotopic (exact) mass is 501 g/mol. The number of morpholine rings is 1. The highest BCUT2D eigenvalue weighted by Crippen LogP contribution is 2.28. The summed E-state index contributed by atoms with van der Waals surface area (Å²) in [6.45, 7) is 8.21. The first kappa shape index (κ1) is 25.2. The van der Waals surface area contributed by atoms with Crippen molar-refractivity contribution in [1.82, 2.24) is 26.4 Å². The Balaban J connectivity index is 1.25. The summed E-state index contributed by atoms with van der Waals surface area (Å²) in [7, 11) is 0. The van der Waals surface area contributed by atoms with Crippen molar-refractivity contribution in [2.75, 3.05) is 42.9 Å². The van der Waals surface area contributed by atoms with Gasteiger partial charge in [-0.2, -0.15) is 0 Å². The largest absolute Gasteiger partial charge is 0.481 e. The van der Waals surface area contributed by atoms with Crippen LogP contribution in [0.25, 0.3) is 0 Å². The first-order valence-corrected chi connectivity index (χ1v) is 13.1. The molecule has 198 valence electrons. The van der Waals surface area contributed by atoms with Crippen molar-refractivity contribution >= 4 is 23.3 Å². The van der Waals surface area contributed by atoms with Gasteiger partial charge in [-0.05, 0) is 56.9 Å². The summed E-state index contributed by atoms with van der Waals surface area (Å²) in [5.41, 5.74) is 7.89. The third kappa shape index (κ3) is 5.76. The minimum Gasteiger partial charge on any atom is -0.481 e. The van der Waals surface area contributed by atoms with Crippen molar-refractivity contribution in [1.29, 1.82) is 0 Å². The van der Waals surface area contributed by atoms with Crippen LogP contribution >= 0.6 is 0 Å². The number of aliphatic carboxylic acids is 1. The number of rotatable bonds is 6. The molecule has 5 rings (SSSR count).